The lowest BCUT2D eigenvalue weighted by molar-refractivity contribution is -0.126. The molecule has 0 aromatic heterocycles. The van der Waals surface area contributed by atoms with Crippen LogP contribution in [-0.4, -0.2) is 16.7 Å². The Morgan fingerprint density at radius 2 is 1.56 bits per heavy atom. The van der Waals surface area contributed by atoms with Crippen molar-refractivity contribution in [1.29, 1.82) is 0 Å². The van der Waals surface area contributed by atoms with Gasteiger partial charge >= 0.3 is 0 Å². The molecule has 0 radical (unpaired) electrons. The molecule has 1 aliphatic rings. The van der Waals surface area contributed by atoms with E-state index in [1.54, 1.807) is 4.90 Å². The molecule has 0 saturated carbocycles. The molecule has 2 amide bonds. The summed E-state index contributed by atoms with van der Waals surface area (Å²) in [6, 6.07) is 30.6. The van der Waals surface area contributed by atoms with Crippen molar-refractivity contribution in [2.24, 2.45) is 0 Å². The molecule has 32 heavy (non-hydrogen) atoms. The highest BCUT2D eigenvalue weighted by atomic mass is 16.2. The largest absolute Gasteiger partial charge is 0.350 e. The molecule has 4 aromatic rings. The van der Waals surface area contributed by atoms with Crippen LogP contribution in [0.25, 0.3) is 10.8 Å². The van der Waals surface area contributed by atoms with Crippen LogP contribution in [0.5, 0.6) is 0 Å². The van der Waals surface area contributed by atoms with E-state index in [0.29, 0.717) is 12.1 Å². The molecular weight excluding hydrogens is 396 g/mol. The zero-order chi connectivity index (χ0) is 22.1. The molecule has 0 saturated heterocycles. The first-order valence-corrected chi connectivity index (χ1v) is 10.9. The molecule has 0 spiro atoms. The number of carbonyl (C=O) groups excluding carboxylic acids is 2. The van der Waals surface area contributed by atoms with Crippen LogP contribution in [0.2, 0.25) is 0 Å². The Kier molecular flexibility index (Phi) is 5.20. The zero-order valence-corrected chi connectivity index (χ0v) is 17.9. The van der Waals surface area contributed by atoms with Crippen molar-refractivity contribution in [1.82, 2.24) is 10.2 Å². The van der Waals surface area contributed by atoms with Crippen LogP contribution in [-0.2, 0) is 11.3 Å². The molecular formula is C28H24N2O2. The fourth-order valence-electron chi connectivity index (χ4n) is 4.65. The Morgan fingerprint density at radius 3 is 2.41 bits per heavy atom. The molecule has 4 heteroatoms. The van der Waals surface area contributed by atoms with Crippen molar-refractivity contribution in [3.63, 3.8) is 0 Å². The van der Waals surface area contributed by atoms with Gasteiger partial charge in [0.05, 0.1) is 6.04 Å². The molecule has 1 heterocycles. The summed E-state index contributed by atoms with van der Waals surface area (Å²) in [4.78, 5) is 28.6. The first-order chi connectivity index (χ1) is 15.6. The maximum atomic E-state index is 13.5. The van der Waals surface area contributed by atoms with E-state index in [1.807, 2.05) is 85.8 Å². The van der Waals surface area contributed by atoms with Crippen molar-refractivity contribution < 1.29 is 9.59 Å². The van der Waals surface area contributed by atoms with Gasteiger partial charge in [-0.2, -0.15) is 0 Å². The Balaban J connectivity index is 1.52. The van der Waals surface area contributed by atoms with Crippen molar-refractivity contribution >= 4 is 22.6 Å². The fraction of sp³-hybridized carbons (Fsp3) is 0.143. The Morgan fingerprint density at radius 1 is 0.875 bits per heavy atom. The Bertz CT molecular complexity index is 1290. The van der Waals surface area contributed by atoms with Crippen LogP contribution < -0.4 is 5.32 Å². The molecule has 2 atom stereocenters. The summed E-state index contributed by atoms with van der Waals surface area (Å²) < 4.78 is 0. The van der Waals surface area contributed by atoms with E-state index in [-0.39, 0.29) is 17.9 Å². The average molecular weight is 421 g/mol. The minimum absolute atomic E-state index is 0.110. The zero-order valence-electron chi connectivity index (χ0n) is 17.9. The SMILES string of the molecule is CC(c1cccc2ccccc12)N1C(=O)c2ccccc2C1C(=O)NCc1ccccc1. The third-order valence-corrected chi connectivity index (χ3v) is 6.25. The highest BCUT2D eigenvalue weighted by Crippen LogP contribution is 2.41. The van der Waals surface area contributed by atoms with Gasteiger partial charge in [0.2, 0.25) is 5.91 Å². The van der Waals surface area contributed by atoms with E-state index >= 15 is 0 Å². The van der Waals surface area contributed by atoms with E-state index in [0.717, 1.165) is 27.5 Å². The molecule has 4 nitrogen and oxygen atoms in total. The molecule has 1 aliphatic heterocycles. The van der Waals surface area contributed by atoms with E-state index in [2.05, 4.69) is 23.5 Å². The van der Waals surface area contributed by atoms with E-state index in [9.17, 15) is 9.59 Å². The number of hydrogen-bond donors (Lipinski definition) is 1. The van der Waals surface area contributed by atoms with Gasteiger partial charge in [0.15, 0.2) is 0 Å². The average Bonchev–Trinajstić information content (AvgIpc) is 3.15. The van der Waals surface area contributed by atoms with Crippen LogP contribution >= 0.6 is 0 Å². The Labute approximate surface area is 187 Å². The number of nitrogens with one attached hydrogen (secondary N) is 1. The van der Waals surface area contributed by atoms with Crippen molar-refractivity contribution in [2.45, 2.75) is 25.6 Å². The first kappa shape index (κ1) is 20.0. The number of carbonyl (C=O) groups is 2. The van der Waals surface area contributed by atoms with E-state index < -0.39 is 6.04 Å². The lowest BCUT2D eigenvalue weighted by Crippen LogP contribution is -2.40. The van der Waals surface area contributed by atoms with Crippen molar-refractivity contribution in [2.75, 3.05) is 0 Å². The van der Waals surface area contributed by atoms with Gasteiger partial charge in [-0.15, -0.1) is 0 Å². The molecule has 1 N–H and O–H groups in total. The predicted octanol–water partition coefficient (Wildman–Crippen LogP) is 5.41. The van der Waals surface area contributed by atoms with Crippen LogP contribution in [0, 0.1) is 0 Å². The number of nitrogens with zero attached hydrogens (tertiary/aromatic N) is 1. The molecule has 0 fully saturated rings. The second-order valence-electron chi connectivity index (χ2n) is 8.15. The summed E-state index contributed by atoms with van der Waals surface area (Å²) in [5, 5.41) is 5.25. The van der Waals surface area contributed by atoms with E-state index in [4.69, 9.17) is 0 Å². The Hall–Kier alpha value is -3.92. The monoisotopic (exact) mass is 420 g/mol. The third-order valence-electron chi connectivity index (χ3n) is 6.25. The predicted molar refractivity (Wildman–Crippen MR) is 126 cm³/mol. The van der Waals surface area contributed by atoms with Gasteiger partial charge in [0, 0.05) is 12.1 Å². The van der Waals surface area contributed by atoms with Gasteiger partial charge in [-0.1, -0.05) is 91.0 Å². The lowest BCUT2D eigenvalue weighted by Gasteiger charge is -2.31. The van der Waals surface area contributed by atoms with Gasteiger partial charge < -0.3 is 10.2 Å². The first-order valence-electron chi connectivity index (χ1n) is 10.9. The smallest absolute Gasteiger partial charge is 0.255 e. The van der Waals surface area contributed by atoms with Crippen molar-refractivity contribution in [3.05, 3.63) is 119 Å². The maximum absolute atomic E-state index is 13.5. The number of amides is 2. The lowest BCUT2D eigenvalue weighted by atomic mass is 9.97. The van der Waals surface area contributed by atoms with Crippen LogP contribution in [0.3, 0.4) is 0 Å². The molecule has 5 rings (SSSR count). The highest BCUT2D eigenvalue weighted by molar-refractivity contribution is 6.05. The van der Waals surface area contributed by atoms with Crippen LogP contribution in [0.4, 0.5) is 0 Å². The summed E-state index contributed by atoms with van der Waals surface area (Å²) in [5.41, 5.74) is 3.41. The standard InChI is InChI=1S/C28H24N2O2/c1-19(22-17-9-13-21-12-5-6-14-23(21)22)30-26(24-15-7-8-16-25(24)28(30)32)27(31)29-18-20-10-3-2-4-11-20/h2-17,19,26H,18H2,1H3,(H,29,31). The second kappa shape index (κ2) is 8.31. The fourth-order valence-corrected chi connectivity index (χ4v) is 4.65. The number of fused-ring (bicyclic) bond motifs is 2. The van der Waals surface area contributed by atoms with Gasteiger partial charge in [0.1, 0.15) is 6.04 Å². The summed E-state index contributed by atoms with van der Waals surface area (Å²) in [7, 11) is 0. The second-order valence-corrected chi connectivity index (χ2v) is 8.15. The quantitative estimate of drug-likeness (QED) is 0.469. The summed E-state index contributed by atoms with van der Waals surface area (Å²) in [6.07, 6.45) is 0. The minimum atomic E-state index is -0.670. The van der Waals surface area contributed by atoms with Gasteiger partial charge in [-0.05, 0) is 40.5 Å². The topological polar surface area (TPSA) is 49.4 Å². The summed E-state index contributed by atoms with van der Waals surface area (Å²) in [6.45, 7) is 2.42. The molecule has 2 unspecified atom stereocenters. The van der Waals surface area contributed by atoms with Gasteiger partial charge in [-0.3, -0.25) is 9.59 Å². The van der Waals surface area contributed by atoms with Crippen LogP contribution in [0.15, 0.2) is 97.1 Å². The van der Waals surface area contributed by atoms with Gasteiger partial charge in [0.25, 0.3) is 5.91 Å². The normalized spacial score (nSPS) is 16.1. The van der Waals surface area contributed by atoms with Gasteiger partial charge in [-0.25, -0.2) is 0 Å². The maximum Gasteiger partial charge on any atom is 0.255 e. The van der Waals surface area contributed by atoms with E-state index in [1.165, 1.54) is 0 Å². The molecule has 4 aromatic carbocycles. The summed E-state index contributed by atoms with van der Waals surface area (Å²) in [5.74, 6) is -0.278. The highest BCUT2D eigenvalue weighted by Gasteiger charge is 2.43. The number of benzene rings is 4. The third kappa shape index (κ3) is 3.44. The van der Waals surface area contributed by atoms with Crippen molar-refractivity contribution in [3.8, 4) is 0 Å². The summed E-state index contributed by atoms with van der Waals surface area (Å²) >= 11 is 0. The molecule has 0 bridgehead atoms. The molecule has 158 valence electrons. The van der Waals surface area contributed by atoms with Crippen LogP contribution in [0.1, 0.15) is 46.1 Å². The minimum Gasteiger partial charge on any atom is -0.350 e. The number of rotatable bonds is 5. The number of hydrogen-bond acceptors (Lipinski definition) is 2. The molecule has 0 aliphatic carbocycles.